The van der Waals surface area contributed by atoms with Gasteiger partial charge in [-0.2, -0.15) is 0 Å². The zero-order chi connectivity index (χ0) is 10.9. The monoisotopic (exact) mass is 210 g/mol. The van der Waals surface area contributed by atoms with Crippen molar-refractivity contribution in [3.63, 3.8) is 0 Å². The Balaban J connectivity index is 2.70. The lowest BCUT2D eigenvalue weighted by Crippen LogP contribution is -2.61. The van der Waals surface area contributed by atoms with Crippen LogP contribution in [0.15, 0.2) is 0 Å². The van der Waals surface area contributed by atoms with Crippen molar-refractivity contribution in [2.75, 3.05) is 6.61 Å². The van der Waals surface area contributed by atoms with Gasteiger partial charge in [0.15, 0.2) is 6.29 Å². The van der Waals surface area contributed by atoms with E-state index in [-0.39, 0.29) is 0 Å². The highest BCUT2D eigenvalue weighted by Crippen LogP contribution is 2.21. The first-order valence-electron chi connectivity index (χ1n) is 4.15. The highest BCUT2D eigenvalue weighted by Gasteiger charge is 2.45. The average molecular weight is 210 g/mol. The second-order valence-corrected chi connectivity index (χ2v) is 3.21. The van der Waals surface area contributed by atoms with Gasteiger partial charge in [0.05, 0.1) is 6.61 Å². The van der Waals surface area contributed by atoms with E-state index in [2.05, 4.69) is 4.74 Å². The molecule has 0 amide bonds. The third kappa shape index (κ3) is 2.04. The molecule has 6 atom stereocenters. The van der Waals surface area contributed by atoms with Crippen LogP contribution in [0.25, 0.3) is 0 Å². The van der Waals surface area contributed by atoms with E-state index in [1.54, 1.807) is 0 Å². The minimum Gasteiger partial charge on any atom is -0.394 e. The minimum absolute atomic E-state index is 0.683. The number of aliphatic hydroxyl groups is 6. The number of hydrogen-bond acceptors (Lipinski definition) is 7. The fourth-order valence-electron chi connectivity index (χ4n) is 1.31. The third-order valence-electron chi connectivity index (χ3n) is 2.19. The van der Waals surface area contributed by atoms with Gasteiger partial charge in [-0.1, -0.05) is 0 Å². The molecule has 1 aliphatic rings. The highest BCUT2D eigenvalue weighted by molar-refractivity contribution is 4.91. The Morgan fingerprint density at radius 2 is 1.57 bits per heavy atom. The normalized spacial score (nSPS) is 46.3. The molecule has 0 bridgehead atoms. The molecule has 1 saturated heterocycles. The van der Waals surface area contributed by atoms with Crippen molar-refractivity contribution in [1.82, 2.24) is 0 Å². The van der Waals surface area contributed by atoms with Crippen LogP contribution in [0, 0.1) is 0 Å². The number of hydrogen-bond donors (Lipinski definition) is 6. The molecule has 1 rings (SSSR count). The zero-order valence-corrected chi connectivity index (χ0v) is 7.26. The summed E-state index contributed by atoms with van der Waals surface area (Å²) in [6.45, 7) is -0.683. The summed E-state index contributed by atoms with van der Waals surface area (Å²) in [5.74, 6) is 0. The molecule has 14 heavy (non-hydrogen) atoms. The molecule has 0 aromatic rings. The lowest BCUT2D eigenvalue weighted by Gasteiger charge is -2.39. The summed E-state index contributed by atoms with van der Waals surface area (Å²) in [6.07, 6.45) is -9.26. The van der Waals surface area contributed by atoms with Crippen molar-refractivity contribution in [2.45, 2.75) is 36.8 Å². The Hall–Kier alpha value is -0.280. The molecule has 0 saturated carbocycles. The minimum atomic E-state index is -1.69. The molecule has 1 fully saturated rings. The summed E-state index contributed by atoms with van der Waals surface area (Å²) in [6, 6.07) is 0. The Morgan fingerprint density at radius 1 is 1.00 bits per heavy atom. The summed E-state index contributed by atoms with van der Waals surface area (Å²) in [5.41, 5.74) is 0. The van der Waals surface area contributed by atoms with Crippen molar-refractivity contribution < 1.29 is 35.4 Å². The first-order valence-corrected chi connectivity index (χ1v) is 4.15. The lowest BCUT2D eigenvalue weighted by atomic mass is 9.96. The van der Waals surface area contributed by atoms with Crippen LogP contribution in [-0.4, -0.2) is 74.1 Å². The summed E-state index contributed by atoms with van der Waals surface area (Å²) in [5, 5.41) is 54.3. The molecular formula is C7H14O7. The van der Waals surface area contributed by atoms with E-state index in [1.165, 1.54) is 0 Å². The summed E-state index contributed by atoms with van der Waals surface area (Å²) >= 11 is 0. The number of rotatable bonds is 2. The molecule has 7 nitrogen and oxygen atoms in total. The lowest BCUT2D eigenvalue weighted by molar-refractivity contribution is -0.298. The van der Waals surface area contributed by atoms with Crippen molar-refractivity contribution in [3.8, 4) is 0 Å². The van der Waals surface area contributed by atoms with Gasteiger partial charge in [0, 0.05) is 0 Å². The molecular weight excluding hydrogens is 196 g/mol. The van der Waals surface area contributed by atoms with E-state index in [9.17, 15) is 10.2 Å². The largest absolute Gasteiger partial charge is 0.394 e. The maximum atomic E-state index is 9.31. The zero-order valence-electron chi connectivity index (χ0n) is 7.26. The average Bonchev–Trinajstić information content (AvgIpc) is 2.19. The van der Waals surface area contributed by atoms with Gasteiger partial charge in [-0.15, -0.1) is 0 Å². The van der Waals surface area contributed by atoms with Gasteiger partial charge >= 0.3 is 0 Å². The van der Waals surface area contributed by atoms with E-state index >= 15 is 0 Å². The molecule has 0 spiro atoms. The van der Waals surface area contributed by atoms with E-state index in [0.29, 0.717) is 0 Å². The van der Waals surface area contributed by atoms with Gasteiger partial charge in [0.25, 0.3) is 0 Å². The predicted octanol–water partition coefficient (Wildman–Crippen LogP) is -3.86. The second kappa shape index (κ2) is 4.49. The van der Waals surface area contributed by atoms with E-state index < -0.39 is 43.4 Å². The molecule has 0 aromatic heterocycles. The van der Waals surface area contributed by atoms with Crippen LogP contribution in [0.5, 0.6) is 0 Å². The van der Waals surface area contributed by atoms with E-state index in [0.717, 1.165) is 0 Å². The standard InChI is InChI=1S/C7H14O7/c8-1-2(9)6-4(11)3(10)5(12)7(13)14-6/h2-13H,1H2/t2-,3?,4-,5?,6?,7+/m0/s1. The molecule has 0 radical (unpaired) electrons. The van der Waals surface area contributed by atoms with Gasteiger partial charge in [0.2, 0.25) is 0 Å². The fraction of sp³-hybridized carbons (Fsp3) is 1.00. The first kappa shape index (κ1) is 11.8. The van der Waals surface area contributed by atoms with E-state index in [4.69, 9.17) is 20.4 Å². The Morgan fingerprint density at radius 3 is 2.07 bits per heavy atom. The maximum Gasteiger partial charge on any atom is 0.184 e. The maximum absolute atomic E-state index is 9.31. The highest BCUT2D eigenvalue weighted by atomic mass is 16.6. The molecule has 1 aliphatic heterocycles. The molecule has 0 aliphatic carbocycles. The van der Waals surface area contributed by atoms with Crippen molar-refractivity contribution >= 4 is 0 Å². The third-order valence-corrected chi connectivity index (χ3v) is 2.19. The Labute approximate surface area is 79.8 Å². The van der Waals surface area contributed by atoms with Crippen molar-refractivity contribution in [1.29, 1.82) is 0 Å². The first-order chi connectivity index (χ1) is 6.49. The molecule has 3 unspecified atom stereocenters. The quantitative estimate of drug-likeness (QED) is 0.275. The van der Waals surface area contributed by atoms with Gasteiger partial charge < -0.3 is 35.4 Å². The van der Waals surface area contributed by atoms with E-state index in [1.807, 2.05) is 0 Å². The van der Waals surface area contributed by atoms with Gasteiger partial charge in [-0.05, 0) is 0 Å². The van der Waals surface area contributed by atoms with Crippen LogP contribution in [0.4, 0.5) is 0 Å². The van der Waals surface area contributed by atoms with Crippen LogP contribution in [0.3, 0.4) is 0 Å². The number of ether oxygens (including phenoxy) is 1. The van der Waals surface area contributed by atoms with Crippen molar-refractivity contribution in [3.05, 3.63) is 0 Å². The van der Waals surface area contributed by atoms with Crippen LogP contribution < -0.4 is 0 Å². The Bertz CT molecular complexity index is 187. The van der Waals surface area contributed by atoms with Crippen LogP contribution in [-0.2, 0) is 4.74 Å². The predicted molar refractivity (Wildman–Crippen MR) is 42.0 cm³/mol. The smallest absolute Gasteiger partial charge is 0.184 e. The SMILES string of the molecule is OC[C@H](O)C1O[C@@H](O)C(O)C(O)[C@@H]1O. The van der Waals surface area contributed by atoms with Crippen LogP contribution >= 0.6 is 0 Å². The molecule has 0 aromatic carbocycles. The van der Waals surface area contributed by atoms with Crippen LogP contribution in [0.2, 0.25) is 0 Å². The summed E-state index contributed by atoms with van der Waals surface area (Å²) in [4.78, 5) is 0. The van der Waals surface area contributed by atoms with Crippen LogP contribution in [0.1, 0.15) is 0 Å². The number of aliphatic hydroxyl groups excluding tert-OH is 6. The molecule has 6 N–H and O–H groups in total. The van der Waals surface area contributed by atoms with Gasteiger partial charge in [-0.25, -0.2) is 0 Å². The Kier molecular flexibility index (Phi) is 3.78. The van der Waals surface area contributed by atoms with Gasteiger partial charge in [-0.3, -0.25) is 0 Å². The summed E-state index contributed by atoms with van der Waals surface area (Å²) in [7, 11) is 0. The topological polar surface area (TPSA) is 131 Å². The second-order valence-electron chi connectivity index (χ2n) is 3.21. The molecule has 1 heterocycles. The fourth-order valence-corrected chi connectivity index (χ4v) is 1.31. The van der Waals surface area contributed by atoms with Gasteiger partial charge in [0.1, 0.15) is 30.5 Å². The van der Waals surface area contributed by atoms with Crippen molar-refractivity contribution in [2.24, 2.45) is 0 Å². The molecule has 84 valence electrons. The summed E-state index contributed by atoms with van der Waals surface area (Å²) < 4.78 is 4.62. The molecule has 7 heteroatoms.